The number of nitrogens with zero attached hydrogens (tertiary/aromatic N) is 3. The molecule has 0 atom stereocenters. The Morgan fingerprint density at radius 2 is 2.09 bits per heavy atom. The summed E-state index contributed by atoms with van der Waals surface area (Å²) in [5.74, 6) is 0.382. The lowest BCUT2D eigenvalue weighted by molar-refractivity contribution is -0.113. The monoisotopic (exact) mass is 495 g/mol. The standard InChI is InChI=1S/C24H25N5O3S2/c1-3-29-21(16-12-25-17-10-6-5-8-14(16)17)27-28-24(29)33-13-19(30)26-22-20(23(31)32-4-2)15-9-7-11-18(15)34-22/h5-6,8,10,12,25H,3-4,7,9,11,13H2,1-2H3,(H,26,30). The van der Waals surface area contributed by atoms with Gasteiger partial charge in [0.2, 0.25) is 5.91 Å². The summed E-state index contributed by atoms with van der Waals surface area (Å²) in [7, 11) is 0. The van der Waals surface area contributed by atoms with Crippen molar-refractivity contribution in [3.05, 3.63) is 46.5 Å². The summed E-state index contributed by atoms with van der Waals surface area (Å²) in [4.78, 5) is 29.8. The van der Waals surface area contributed by atoms with Crippen LogP contribution in [0.5, 0.6) is 0 Å². The molecule has 1 aromatic carbocycles. The average Bonchev–Trinajstić information content (AvgIpc) is 3.59. The third-order valence-electron chi connectivity index (χ3n) is 5.85. The van der Waals surface area contributed by atoms with E-state index in [0.29, 0.717) is 28.9 Å². The summed E-state index contributed by atoms with van der Waals surface area (Å²) >= 11 is 2.82. The predicted molar refractivity (Wildman–Crippen MR) is 135 cm³/mol. The molecule has 0 bridgehead atoms. The van der Waals surface area contributed by atoms with Crippen LogP contribution in [0.3, 0.4) is 0 Å². The van der Waals surface area contributed by atoms with Crippen molar-refractivity contribution >= 4 is 50.9 Å². The number of amides is 1. The van der Waals surface area contributed by atoms with Crippen molar-refractivity contribution in [1.29, 1.82) is 0 Å². The summed E-state index contributed by atoms with van der Waals surface area (Å²) in [6.45, 7) is 4.80. The molecule has 1 aliphatic rings. The lowest BCUT2D eigenvalue weighted by Gasteiger charge is -2.09. The van der Waals surface area contributed by atoms with Gasteiger partial charge in [-0.3, -0.25) is 4.79 Å². The second-order valence-corrected chi connectivity index (χ2v) is 9.96. The molecule has 34 heavy (non-hydrogen) atoms. The highest BCUT2D eigenvalue weighted by atomic mass is 32.2. The third kappa shape index (κ3) is 4.12. The number of H-pyrrole nitrogens is 1. The highest BCUT2D eigenvalue weighted by Crippen LogP contribution is 2.39. The van der Waals surface area contributed by atoms with E-state index in [2.05, 4.69) is 26.6 Å². The molecule has 0 fully saturated rings. The topological polar surface area (TPSA) is 102 Å². The molecule has 4 aromatic rings. The van der Waals surface area contributed by atoms with Crippen molar-refractivity contribution in [2.75, 3.05) is 17.7 Å². The molecule has 10 heteroatoms. The minimum Gasteiger partial charge on any atom is -0.462 e. The van der Waals surface area contributed by atoms with Crippen LogP contribution >= 0.6 is 23.1 Å². The number of esters is 1. The van der Waals surface area contributed by atoms with E-state index in [4.69, 9.17) is 4.74 Å². The molecule has 0 spiro atoms. The third-order valence-corrected chi connectivity index (χ3v) is 8.02. The maximum absolute atomic E-state index is 12.8. The number of thiophene rings is 1. The number of carbonyl (C=O) groups is 2. The number of fused-ring (bicyclic) bond motifs is 2. The Bertz CT molecular complexity index is 1370. The van der Waals surface area contributed by atoms with Crippen LogP contribution in [0.4, 0.5) is 5.00 Å². The Morgan fingerprint density at radius 1 is 1.24 bits per heavy atom. The molecule has 2 N–H and O–H groups in total. The Hall–Kier alpha value is -3.11. The van der Waals surface area contributed by atoms with Crippen LogP contribution in [0.15, 0.2) is 35.6 Å². The first kappa shape index (κ1) is 22.7. The number of nitrogens with one attached hydrogen (secondary N) is 2. The zero-order valence-corrected chi connectivity index (χ0v) is 20.6. The van der Waals surface area contributed by atoms with Gasteiger partial charge in [-0.15, -0.1) is 21.5 Å². The molecule has 0 unspecified atom stereocenters. The maximum Gasteiger partial charge on any atom is 0.341 e. The van der Waals surface area contributed by atoms with Crippen LogP contribution in [0.25, 0.3) is 22.3 Å². The molecule has 3 heterocycles. The first-order valence-corrected chi connectivity index (χ1v) is 13.1. The van der Waals surface area contributed by atoms with Gasteiger partial charge >= 0.3 is 5.97 Å². The molecule has 3 aromatic heterocycles. The quantitative estimate of drug-likeness (QED) is 0.266. The van der Waals surface area contributed by atoms with Crippen molar-refractivity contribution < 1.29 is 14.3 Å². The molecule has 0 saturated carbocycles. The van der Waals surface area contributed by atoms with E-state index in [0.717, 1.165) is 47.1 Å². The van der Waals surface area contributed by atoms with Gasteiger partial charge in [0, 0.05) is 34.1 Å². The first-order valence-electron chi connectivity index (χ1n) is 11.3. The fourth-order valence-electron chi connectivity index (χ4n) is 4.34. The second kappa shape index (κ2) is 9.63. The van der Waals surface area contributed by atoms with Crippen LogP contribution in [0.2, 0.25) is 0 Å². The van der Waals surface area contributed by atoms with Crippen LogP contribution in [-0.2, 0) is 28.9 Å². The van der Waals surface area contributed by atoms with Crippen LogP contribution in [0.1, 0.15) is 41.1 Å². The minimum atomic E-state index is -0.362. The van der Waals surface area contributed by atoms with Gasteiger partial charge in [-0.1, -0.05) is 30.0 Å². The van der Waals surface area contributed by atoms with E-state index in [9.17, 15) is 9.59 Å². The number of aromatic nitrogens is 4. The number of ether oxygens (including phenoxy) is 1. The van der Waals surface area contributed by atoms with E-state index in [1.807, 2.05) is 35.9 Å². The van der Waals surface area contributed by atoms with E-state index < -0.39 is 0 Å². The van der Waals surface area contributed by atoms with Gasteiger partial charge in [-0.05, 0) is 44.7 Å². The second-order valence-electron chi connectivity index (χ2n) is 7.92. The van der Waals surface area contributed by atoms with Crippen molar-refractivity contribution in [2.45, 2.75) is 44.8 Å². The van der Waals surface area contributed by atoms with E-state index in [-0.39, 0.29) is 17.6 Å². The lowest BCUT2D eigenvalue weighted by atomic mass is 10.1. The van der Waals surface area contributed by atoms with Crippen molar-refractivity contribution in [2.24, 2.45) is 0 Å². The van der Waals surface area contributed by atoms with Gasteiger partial charge in [0.1, 0.15) is 5.00 Å². The zero-order chi connectivity index (χ0) is 23.7. The molecule has 176 valence electrons. The predicted octanol–water partition coefficient (Wildman–Crippen LogP) is 4.90. The highest BCUT2D eigenvalue weighted by molar-refractivity contribution is 7.99. The number of rotatable bonds is 8. The summed E-state index contributed by atoms with van der Waals surface area (Å²) < 4.78 is 7.26. The van der Waals surface area contributed by atoms with Crippen molar-refractivity contribution in [3.63, 3.8) is 0 Å². The van der Waals surface area contributed by atoms with Gasteiger partial charge in [-0.2, -0.15) is 0 Å². The number of carbonyl (C=O) groups excluding carboxylic acids is 2. The molecule has 0 saturated heterocycles. The van der Waals surface area contributed by atoms with Crippen LogP contribution in [-0.4, -0.2) is 44.0 Å². The number of thioether (sulfide) groups is 1. The van der Waals surface area contributed by atoms with E-state index >= 15 is 0 Å². The van der Waals surface area contributed by atoms with Gasteiger partial charge in [0.25, 0.3) is 0 Å². The summed E-state index contributed by atoms with van der Waals surface area (Å²) in [5, 5.41) is 14.1. The average molecular weight is 496 g/mol. The number of benzene rings is 1. The van der Waals surface area contributed by atoms with Gasteiger partial charge in [0.05, 0.1) is 17.9 Å². The minimum absolute atomic E-state index is 0.164. The molecular weight excluding hydrogens is 470 g/mol. The number of anilines is 1. The molecule has 0 aliphatic heterocycles. The fraction of sp³-hybridized carbons (Fsp3) is 0.333. The Labute approximate surface area is 205 Å². The van der Waals surface area contributed by atoms with Crippen LogP contribution in [0, 0.1) is 0 Å². The lowest BCUT2D eigenvalue weighted by Crippen LogP contribution is -2.17. The number of para-hydroxylation sites is 1. The maximum atomic E-state index is 12.8. The Balaban J connectivity index is 1.32. The SMILES string of the molecule is CCOC(=O)c1c(NC(=O)CSc2nnc(-c3c[nH]c4ccccc34)n2CC)sc2c1CCC2. The first-order chi connectivity index (χ1) is 16.6. The summed E-state index contributed by atoms with van der Waals surface area (Å²) in [6.07, 6.45) is 4.76. The molecule has 1 aliphatic carbocycles. The van der Waals surface area contributed by atoms with E-state index in [1.165, 1.54) is 28.0 Å². The summed E-state index contributed by atoms with van der Waals surface area (Å²) in [5.41, 5.74) is 3.57. The highest BCUT2D eigenvalue weighted by Gasteiger charge is 2.28. The van der Waals surface area contributed by atoms with Crippen molar-refractivity contribution in [1.82, 2.24) is 19.7 Å². The zero-order valence-electron chi connectivity index (χ0n) is 19.0. The van der Waals surface area contributed by atoms with Crippen molar-refractivity contribution in [3.8, 4) is 11.4 Å². The number of aryl methyl sites for hydroxylation is 1. The van der Waals surface area contributed by atoms with Gasteiger partial charge in [-0.25, -0.2) is 4.79 Å². The number of hydrogen-bond acceptors (Lipinski definition) is 7. The number of aromatic amines is 1. The van der Waals surface area contributed by atoms with Crippen LogP contribution < -0.4 is 5.32 Å². The molecule has 5 rings (SSSR count). The molecular formula is C24H25N5O3S2. The Morgan fingerprint density at radius 3 is 2.91 bits per heavy atom. The molecule has 0 radical (unpaired) electrons. The van der Waals surface area contributed by atoms with E-state index in [1.54, 1.807) is 6.92 Å². The smallest absolute Gasteiger partial charge is 0.341 e. The van der Waals surface area contributed by atoms with Gasteiger partial charge in [0.15, 0.2) is 11.0 Å². The molecule has 1 amide bonds. The molecule has 8 nitrogen and oxygen atoms in total. The fourth-order valence-corrected chi connectivity index (χ4v) is 6.44. The summed E-state index contributed by atoms with van der Waals surface area (Å²) in [6, 6.07) is 8.06. The normalized spacial score (nSPS) is 12.8. The largest absolute Gasteiger partial charge is 0.462 e. The Kier molecular flexibility index (Phi) is 6.42. The number of hydrogen-bond donors (Lipinski definition) is 2. The van der Waals surface area contributed by atoms with Gasteiger partial charge < -0.3 is 19.6 Å².